The quantitative estimate of drug-likeness (QED) is 0.787. The van der Waals surface area contributed by atoms with Gasteiger partial charge in [-0.05, 0) is 49.7 Å². The fourth-order valence-corrected chi connectivity index (χ4v) is 2.17. The van der Waals surface area contributed by atoms with Crippen molar-refractivity contribution < 1.29 is 14.3 Å². The Morgan fingerprint density at radius 2 is 1.91 bits per heavy atom. The number of halogens is 1. The van der Waals surface area contributed by atoms with E-state index >= 15 is 0 Å². The lowest BCUT2D eigenvalue weighted by Crippen LogP contribution is -2.38. The Morgan fingerprint density at radius 1 is 1.17 bits per heavy atom. The van der Waals surface area contributed by atoms with Gasteiger partial charge in [-0.3, -0.25) is 4.79 Å². The topological polar surface area (TPSA) is 47.6 Å². The number of aryl methyl sites for hydroxylation is 1. The van der Waals surface area contributed by atoms with Crippen molar-refractivity contribution in [1.82, 2.24) is 5.32 Å². The van der Waals surface area contributed by atoms with Gasteiger partial charge in [-0.15, -0.1) is 0 Å². The standard InChI is InChI=1S/C18H20ClNO3/c1-13-5-3-7-16(11-13)22-10-9-20-18(21)14(2)23-17-8-4-6-15(19)12-17/h3-8,11-12,14H,9-10H2,1-2H3,(H,20,21)/t14-/m1/s1. The largest absolute Gasteiger partial charge is 0.492 e. The predicted molar refractivity (Wildman–Crippen MR) is 91.2 cm³/mol. The van der Waals surface area contributed by atoms with Crippen LogP contribution < -0.4 is 14.8 Å². The van der Waals surface area contributed by atoms with Gasteiger partial charge >= 0.3 is 0 Å². The monoisotopic (exact) mass is 333 g/mol. The molecule has 0 aliphatic carbocycles. The molecule has 0 saturated heterocycles. The summed E-state index contributed by atoms with van der Waals surface area (Å²) in [7, 11) is 0. The van der Waals surface area contributed by atoms with Crippen LogP contribution in [0.1, 0.15) is 12.5 Å². The highest BCUT2D eigenvalue weighted by Crippen LogP contribution is 2.18. The lowest BCUT2D eigenvalue weighted by molar-refractivity contribution is -0.127. The maximum Gasteiger partial charge on any atom is 0.260 e. The molecule has 122 valence electrons. The summed E-state index contributed by atoms with van der Waals surface area (Å²) < 4.78 is 11.1. The minimum absolute atomic E-state index is 0.196. The Hall–Kier alpha value is -2.20. The van der Waals surface area contributed by atoms with Gasteiger partial charge < -0.3 is 14.8 Å². The molecule has 0 aliphatic heterocycles. The summed E-state index contributed by atoms with van der Waals surface area (Å²) in [5.74, 6) is 1.16. The summed E-state index contributed by atoms with van der Waals surface area (Å²) in [5, 5.41) is 3.35. The maximum atomic E-state index is 12.0. The fraction of sp³-hybridized carbons (Fsp3) is 0.278. The van der Waals surface area contributed by atoms with E-state index in [1.165, 1.54) is 0 Å². The maximum absolute atomic E-state index is 12.0. The molecule has 0 fully saturated rings. The first-order valence-electron chi connectivity index (χ1n) is 7.44. The number of nitrogens with one attached hydrogen (secondary N) is 1. The van der Waals surface area contributed by atoms with Gasteiger partial charge in [0.05, 0.1) is 6.54 Å². The average molecular weight is 334 g/mol. The summed E-state index contributed by atoms with van der Waals surface area (Å²) in [6.45, 7) is 4.51. The summed E-state index contributed by atoms with van der Waals surface area (Å²) in [4.78, 5) is 12.0. The molecule has 1 amide bonds. The highest BCUT2D eigenvalue weighted by molar-refractivity contribution is 6.30. The second-order valence-corrected chi connectivity index (χ2v) is 5.61. The molecule has 0 aromatic heterocycles. The molecule has 0 aliphatic rings. The molecule has 2 aromatic rings. The van der Waals surface area contributed by atoms with Crippen LogP contribution in [0.2, 0.25) is 5.02 Å². The van der Waals surface area contributed by atoms with Crippen molar-refractivity contribution >= 4 is 17.5 Å². The van der Waals surface area contributed by atoms with Crippen LogP contribution in [0.15, 0.2) is 48.5 Å². The minimum atomic E-state index is -0.604. The summed E-state index contributed by atoms with van der Waals surface area (Å²) in [5.41, 5.74) is 1.13. The van der Waals surface area contributed by atoms with Crippen LogP contribution in [0.5, 0.6) is 11.5 Å². The number of hydrogen-bond donors (Lipinski definition) is 1. The van der Waals surface area contributed by atoms with Crippen LogP contribution in [0.25, 0.3) is 0 Å². The van der Waals surface area contributed by atoms with Crippen LogP contribution in [-0.4, -0.2) is 25.2 Å². The van der Waals surface area contributed by atoms with Gasteiger partial charge in [-0.25, -0.2) is 0 Å². The smallest absolute Gasteiger partial charge is 0.260 e. The van der Waals surface area contributed by atoms with Crippen molar-refractivity contribution in [3.8, 4) is 11.5 Å². The van der Waals surface area contributed by atoms with E-state index in [1.807, 2.05) is 31.2 Å². The Labute approximate surface area is 141 Å². The van der Waals surface area contributed by atoms with Crippen LogP contribution in [-0.2, 0) is 4.79 Å². The molecule has 5 heteroatoms. The Bertz CT molecular complexity index is 660. The Kier molecular flexibility index (Phi) is 6.29. The molecule has 0 bridgehead atoms. The normalized spacial score (nSPS) is 11.6. The van der Waals surface area contributed by atoms with Crippen LogP contribution in [0.4, 0.5) is 0 Å². The molecule has 23 heavy (non-hydrogen) atoms. The molecule has 0 spiro atoms. The molecule has 2 rings (SSSR count). The van der Waals surface area contributed by atoms with E-state index < -0.39 is 6.10 Å². The first-order valence-corrected chi connectivity index (χ1v) is 7.82. The van der Waals surface area contributed by atoms with E-state index in [2.05, 4.69) is 5.32 Å². The molecule has 1 atom stereocenters. The zero-order valence-electron chi connectivity index (χ0n) is 13.2. The van der Waals surface area contributed by atoms with Gasteiger partial charge in [0, 0.05) is 5.02 Å². The van der Waals surface area contributed by atoms with E-state index in [-0.39, 0.29) is 5.91 Å². The van der Waals surface area contributed by atoms with Crippen molar-refractivity contribution in [2.75, 3.05) is 13.2 Å². The summed E-state index contributed by atoms with van der Waals surface area (Å²) in [6, 6.07) is 14.7. The average Bonchev–Trinajstić information content (AvgIpc) is 2.51. The summed E-state index contributed by atoms with van der Waals surface area (Å²) in [6.07, 6.45) is -0.604. The van der Waals surface area contributed by atoms with Gasteiger partial charge in [0.1, 0.15) is 18.1 Å². The van der Waals surface area contributed by atoms with E-state index in [9.17, 15) is 4.79 Å². The van der Waals surface area contributed by atoms with Crippen molar-refractivity contribution in [2.24, 2.45) is 0 Å². The predicted octanol–water partition coefficient (Wildman–Crippen LogP) is 3.61. The fourth-order valence-electron chi connectivity index (χ4n) is 1.99. The first-order chi connectivity index (χ1) is 11.0. The Balaban J connectivity index is 1.71. The number of rotatable bonds is 7. The van der Waals surface area contributed by atoms with Crippen LogP contribution >= 0.6 is 11.6 Å². The Morgan fingerprint density at radius 3 is 2.65 bits per heavy atom. The summed E-state index contributed by atoms with van der Waals surface area (Å²) >= 11 is 5.88. The third kappa shape index (κ3) is 5.83. The number of benzene rings is 2. The van der Waals surface area contributed by atoms with E-state index in [0.29, 0.717) is 23.9 Å². The third-order valence-electron chi connectivity index (χ3n) is 3.14. The van der Waals surface area contributed by atoms with Crippen LogP contribution in [0, 0.1) is 6.92 Å². The highest BCUT2D eigenvalue weighted by Gasteiger charge is 2.14. The number of hydrogen-bond acceptors (Lipinski definition) is 3. The highest BCUT2D eigenvalue weighted by atomic mass is 35.5. The molecule has 0 unspecified atom stereocenters. The van der Waals surface area contributed by atoms with Gasteiger partial charge in [0.15, 0.2) is 6.10 Å². The molecule has 1 N–H and O–H groups in total. The number of carbonyl (C=O) groups excluding carboxylic acids is 1. The van der Waals surface area contributed by atoms with Crippen LogP contribution in [0.3, 0.4) is 0 Å². The van der Waals surface area contributed by atoms with Gasteiger partial charge in [-0.2, -0.15) is 0 Å². The van der Waals surface area contributed by atoms with E-state index in [4.69, 9.17) is 21.1 Å². The molecule has 4 nitrogen and oxygen atoms in total. The van der Waals surface area contributed by atoms with Gasteiger partial charge in [-0.1, -0.05) is 29.8 Å². The molecule has 2 aromatic carbocycles. The minimum Gasteiger partial charge on any atom is -0.492 e. The third-order valence-corrected chi connectivity index (χ3v) is 3.37. The first kappa shape index (κ1) is 17.2. The molecule has 0 saturated carbocycles. The number of ether oxygens (including phenoxy) is 2. The van der Waals surface area contributed by atoms with Crippen molar-refractivity contribution in [3.05, 3.63) is 59.1 Å². The van der Waals surface area contributed by atoms with E-state index in [0.717, 1.165) is 11.3 Å². The van der Waals surface area contributed by atoms with Crippen molar-refractivity contribution in [2.45, 2.75) is 20.0 Å². The van der Waals surface area contributed by atoms with Gasteiger partial charge in [0.25, 0.3) is 5.91 Å². The zero-order chi connectivity index (χ0) is 16.7. The molecular formula is C18H20ClNO3. The lowest BCUT2D eigenvalue weighted by Gasteiger charge is -2.15. The van der Waals surface area contributed by atoms with E-state index in [1.54, 1.807) is 31.2 Å². The van der Waals surface area contributed by atoms with Gasteiger partial charge in [0.2, 0.25) is 0 Å². The SMILES string of the molecule is Cc1cccc(OCCNC(=O)[C@@H](C)Oc2cccc(Cl)c2)c1. The van der Waals surface area contributed by atoms with Crippen molar-refractivity contribution in [1.29, 1.82) is 0 Å². The van der Waals surface area contributed by atoms with Crippen molar-refractivity contribution in [3.63, 3.8) is 0 Å². The number of carbonyl (C=O) groups is 1. The molecule has 0 radical (unpaired) electrons. The molecule has 0 heterocycles. The molecular weight excluding hydrogens is 314 g/mol. The lowest BCUT2D eigenvalue weighted by atomic mass is 10.2. The second-order valence-electron chi connectivity index (χ2n) is 5.17. The second kappa shape index (κ2) is 8.44. The zero-order valence-corrected chi connectivity index (χ0v) is 14.0. The number of amides is 1.